The van der Waals surface area contributed by atoms with E-state index in [1.807, 2.05) is 18.2 Å². The number of benzene rings is 1. The number of rotatable bonds is 3. The van der Waals surface area contributed by atoms with Crippen molar-refractivity contribution in [3.05, 3.63) is 34.9 Å². The lowest BCUT2D eigenvalue weighted by atomic mass is 9.88. The standard InChI is InChI=1S/C14H21ClN2/c1-14(11-16,17-9-5-2-6-10-17)12-7-3-4-8-13(12)15/h3-4,7-8H,2,5-6,9-11,16H2,1H3. The highest BCUT2D eigenvalue weighted by atomic mass is 35.5. The van der Waals surface area contributed by atoms with Crippen LogP contribution in [0.25, 0.3) is 0 Å². The van der Waals surface area contributed by atoms with Gasteiger partial charge in [-0.25, -0.2) is 0 Å². The smallest absolute Gasteiger partial charge is 0.0569 e. The molecular weight excluding hydrogens is 232 g/mol. The van der Waals surface area contributed by atoms with Crippen molar-refractivity contribution in [3.63, 3.8) is 0 Å². The van der Waals surface area contributed by atoms with Crippen LogP contribution in [-0.4, -0.2) is 24.5 Å². The first kappa shape index (κ1) is 12.9. The normalized spacial score (nSPS) is 21.1. The summed E-state index contributed by atoms with van der Waals surface area (Å²) in [6.45, 7) is 5.06. The van der Waals surface area contributed by atoms with Crippen LogP contribution in [0.5, 0.6) is 0 Å². The molecule has 1 unspecified atom stereocenters. The number of likely N-dealkylation sites (tertiary alicyclic amines) is 1. The lowest BCUT2D eigenvalue weighted by molar-refractivity contribution is 0.0856. The zero-order chi connectivity index (χ0) is 12.3. The predicted molar refractivity (Wildman–Crippen MR) is 73.3 cm³/mol. The van der Waals surface area contributed by atoms with Crippen LogP contribution in [0.4, 0.5) is 0 Å². The third-order valence-electron chi connectivity index (χ3n) is 3.91. The SMILES string of the molecule is CC(CN)(c1ccccc1Cl)N1CCCCC1. The van der Waals surface area contributed by atoms with Gasteiger partial charge >= 0.3 is 0 Å². The molecule has 1 atom stereocenters. The van der Waals surface area contributed by atoms with Crippen molar-refractivity contribution in [2.24, 2.45) is 5.73 Å². The predicted octanol–water partition coefficient (Wildman–Crippen LogP) is 3.00. The fourth-order valence-corrected chi connectivity index (χ4v) is 3.03. The van der Waals surface area contributed by atoms with E-state index in [4.69, 9.17) is 17.3 Å². The highest BCUT2D eigenvalue weighted by Gasteiger charge is 2.34. The first-order valence-corrected chi connectivity index (χ1v) is 6.76. The fraction of sp³-hybridized carbons (Fsp3) is 0.571. The number of piperidine rings is 1. The number of nitrogens with zero attached hydrogens (tertiary/aromatic N) is 1. The van der Waals surface area contributed by atoms with Crippen LogP contribution in [0.3, 0.4) is 0 Å². The Labute approximate surface area is 109 Å². The third kappa shape index (κ3) is 2.49. The first-order valence-electron chi connectivity index (χ1n) is 6.38. The second-order valence-electron chi connectivity index (χ2n) is 5.01. The summed E-state index contributed by atoms with van der Waals surface area (Å²) in [6, 6.07) is 8.07. The Balaban J connectivity index is 2.32. The van der Waals surface area contributed by atoms with Gasteiger partial charge in [0.1, 0.15) is 0 Å². The summed E-state index contributed by atoms with van der Waals surface area (Å²) in [4.78, 5) is 2.48. The van der Waals surface area contributed by atoms with E-state index in [1.54, 1.807) is 0 Å². The van der Waals surface area contributed by atoms with Gasteiger partial charge in [-0.15, -0.1) is 0 Å². The topological polar surface area (TPSA) is 29.3 Å². The van der Waals surface area contributed by atoms with Crippen molar-refractivity contribution in [3.8, 4) is 0 Å². The molecule has 1 heterocycles. The van der Waals surface area contributed by atoms with E-state index in [0.717, 1.165) is 23.7 Å². The molecule has 94 valence electrons. The van der Waals surface area contributed by atoms with Gasteiger partial charge in [0.2, 0.25) is 0 Å². The Morgan fingerprint density at radius 1 is 1.24 bits per heavy atom. The number of hydrogen-bond donors (Lipinski definition) is 1. The molecule has 2 nitrogen and oxygen atoms in total. The van der Waals surface area contributed by atoms with Crippen molar-refractivity contribution in [1.82, 2.24) is 4.90 Å². The molecule has 2 rings (SSSR count). The minimum atomic E-state index is -0.126. The maximum absolute atomic E-state index is 6.32. The van der Waals surface area contributed by atoms with E-state index >= 15 is 0 Å². The van der Waals surface area contributed by atoms with Crippen LogP contribution in [0.15, 0.2) is 24.3 Å². The van der Waals surface area contributed by atoms with Gasteiger partial charge in [-0.3, -0.25) is 4.90 Å². The summed E-state index contributed by atoms with van der Waals surface area (Å²) in [5.41, 5.74) is 7.07. The van der Waals surface area contributed by atoms with Gasteiger partial charge < -0.3 is 5.73 Å². The van der Waals surface area contributed by atoms with Crippen molar-refractivity contribution in [1.29, 1.82) is 0 Å². The molecule has 0 radical (unpaired) electrons. The monoisotopic (exact) mass is 252 g/mol. The molecule has 0 amide bonds. The summed E-state index contributed by atoms with van der Waals surface area (Å²) in [5, 5.41) is 0.825. The quantitative estimate of drug-likeness (QED) is 0.896. The summed E-state index contributed by atoms with van der Waals surface area (Å²) < 4.78 is 0. The highest BCUT2D eigenvalue weighted by molar-refractivity contribution is 6.31. The van der Waals surface area contributed by atoms with Crippen molar-refractivity contribution < 1.29 is 0 Å². The lowest BCUT2D eigenvalue weighted by Gasteiger charge is -2.43. The molecule has 0 bridgehead atoms. The second-order valence-corrected chi connectivity index (χ2v) is 5.41. The van der Waals surface area contributed by atoms with Gasteiger partial charge in [-0.2, -0.15) is 0 Å². The maximum atomic E-state index is 6.32. The third-order valence-corrected chi connectivity index (χ3v) is 4.24. The van der Waals surface area contributed by atoms with Crippen molar-refractivity contribution >= 4 is 11.6 Å². The molecule has 3 heteroatoms. The van der Waals surface area contributed by atoms with E-state index in [9.17, 15) is 0 Å². The molecule has 0 spiro atoms. The number of hydrogen-bond acceptors (Lipinski definition) is 2. The zero-order valence-corrected chi connectivity index (χ0v) is 11.2. The average Bonchev–Trinajstić information content (AvgIpc) is 2.39. The Bertz CT molecular complexity index is 374. The minimum Gasteiger partial charge on any atom is -0.328 e. The summed E-state index contributed by atoms with van der Waals surface area (Å²) in [5.74, 6) is 0. The van der Waals surface area contributed by atoms with Crippen LogP contribution >= 0.6 is 11.6 Å². The van der Waals surface area contributed by atoms with Crippen LogP contribution in [-0.2, 0) is 5.54 Å². The molecule has 1 aliphatic rings. The van der Waals surface area contributed by atoms with Crippen LogP contribution in [0.1, 0.15) is 31.7 Å². The molecule has 1 fully saturated rings. The molecule has 2 N–H and O–H groups in total. The van der Waals surface area contributed by atoms with Gasteiger partial charge in [0.15, 0.2) is 0 Å². The summed E-state index contributed by atoms with van der Waals surface area (Å²) in [7, 11) is 0. The summed E-state index contributed by atoms with van der Waals surface area (Å²) in [6.07, 6.45) is 3.86. The van der Waals surface area contributed by atoms with Crippen LogP contribution < -0.4 is 5.73 Å². The Morgan fingerprint density at radius 3 is 2.47 bits per heavy atom. The van der Waals surface area contributed by atoms with E-state index < -0.39 is 0 Å². The van der Waals surface area contributed by atoms with Crippen LogP contribution in [0.2, 0.25) is 5.02 Å². The van der Waals surface area contributed by atoms with E-state index in [-0.39, 0.29) is 5.54 Å². The molecule has 1 aromatic carbocycles. The van der Waals surface area contributed by atoms with Gasteiger partial charge in [0.25, 0.3) is 0 Å². The van der Waals surface area contributed by atoms with Gasteiger partial charge in [0.05, 0.1) is 5.54 Å². The molecule has 17 heavy (non-hydrogen) atoms. The highest BCUT2D eigenvalue weighted by Crippen LogP contribution is 2.34. The second kappa shape index (κ2) is 5.38. The van der Waals surface area contributed by atoms with E-state index in [0.29, 0.717) is 6.54 Å². The van der Waals surface area contributed by atoms with Gasteiger partial charge in [-0.05, 0) is 44.5 Å². The number of halogens is 1. The molecule has 1 aliphatic heterocycles. The fourth-order valence-electron chi connectivity index (χ4n) is 2.69. The molecule has 0 saturated carbocycles. The minimum absolute atomic E-state index is 0.126. The van der Waals surface area contributed by atoms with Crippen LogP contribution in [0, 0.1) is 0 Å². The lowest BCUT2D eigenvalue weighted by Crippen LogP contribution is -2.51. The molecule has 0 aliphatic carbocycles. The Hall–Kier alpha value is -0.570. The Kier molecular flexibility index (Phi) is 4.08. The first-order chi connectivity index (χ1) is 8.18. The maximum Gasteiger partial charge on any atom is 0.0569 e. The summed E-state index contributed by atoms with van der Waals surface area (Å²) >= 11 is 6.32. The molecule has 1 aromatic rings. The molecule has 1 saturated heterocycles. The molecule has 0 aromatic heterocycles. The van der Waals surface area contributed by atoms with Gasteiger partial charge in [0, 0.05) is 11.6 Å². The van der Waals surface area contributed by atoms with Crippen molar-refractivity contribution in [2.45, 2.75) is 31.7 Å². The van der Waals surface area contributed by atoms with E-state index in [2.05, 4.69) is 17.9 Å². The zero-order valence-electron chi connectivity index (χ0n) is 10.5. The largest absolute Gasteiger partial charge is 0.328 e. The average molecular weight is 253 g/mol. The van der Waals surface area contributed by atoms with Crippen molar-refractivity contribution in [2.75, 3.05) is 19.6 Å². The van der Waals surface area contributed by atoms with E-state index in [1.165, 1.54) is 19.3 Å². The van der Waals surface area contributed by atoms with Gasteiger partial charge in [-0.1, -0.05) is 36.2 Å². The Morgan fingerprint density at radius 2 is 1.88 bits per heavy atom. The molecular formula is C14H21ClN2. The number of nitrogens with two attached hydrogens (primary N) is 1.